The molecule has 1 fully saturated rings. The molecule has 6 nitrogen and oxygen atoms in total. The summed E-state index contributed by atoms with van der Waals surface area (Å²) in [5.74, 6) is 0.0265. The average Bonchev–Trinajstić information content (AvgIpc) is 3.09. The number of aromatic nitrogens is 4. The minimum atomic E-state index is -4.43. The van der Waals surface area contributed by atoms with Gasteiger partial charge in [0.25, 0.3) is 0 Å². The monoisotopic (exact) mass is 367 g/mol. The quantitative estimate of drug-likeness (QED) is 0.881. The number of nitrogens with zero attached hydrogens (tertiary/aromatic N) is 4. The molecule has 0 radical (unpaired) electrons. The zero-order valence-electron chi connectivity index (χ0n) is 14.2. The predicted octanol–water partition coefficient (Wildman–Crippen LogP) is 3.20. The molecular weight excluding hydrogens is 347 g/mol. The number of hydrogen-bond acceptors (Lipinski definition) is 4. The van der Waals surface area contributed by atoms with Gasteiger partial charge in [-0.2, -0.15) is 18.0 Å². The summed E-state index contributed by atoms with van der Waals surface area (Å²) in [6.45, 7) is 0.227. The molecule has 1 saturated carbocycles. The van der Waals surface area contributed by atoms with E-state index >= 15 is 0 Å². The summed E-state index contributed by atoms with van der Waals surface area (Å²) in [6.07, 6.45) is 1.28. The first-order valence-electron chi connectivity index (χ1n) is 8.66. The molecule has 1 heterocycles. The van der Waals surface area contributed by atoms with Gasteiger partial charge in [0.05, 0.1) is 12.1 Å². The lowest BCUT2D eigenvalue weighted by atomic mass is 9.95. The molecule has 140 valence electrons. The van der Waals surface area contributed by atoms with Crippen LogP contribution in [0, 0.1) is 0 Å². The van der Waals surface area contributed by atoms with Crippen LogP contribution in [-0.4, -0.2) is 32.2 Å². The summed E-state index contributed by atoms with van der Waals surface area (Å²) in [5, 5.41) is 14.7. The number of tetrazole rings is 1. The van der Waals surface area contributed by atoms with E-state index in [9.17, 15) is 18.0 Å². The number of hydrogen-bond donors (Lipinski definition) is 1. The fourth-order valence-electron chi connectivity index (χ4n) is 3.04. The van der Waals surface area contributed by atoms with E-state index in [1.807, 2.05) is 0 Å². The highest BCUT2D eigenvalue weighted by Gasteiger charge is 2.30. The van der Waals surface area contributed by atoms with E-state index in [1.54, 1.807) is 0 Å². The number of aryl methyl sites for hydroxylation is 1. The lowest BCUT2D eigenvalue weighted by Crippen LogP contribution is -2.36. The molecule has 1 aliphatic rings. The van der Waals surface area contributed by atoms with E-state index in [0.717, 1.165) is 37.8 Å². The van der Waals surface area contributed by atoms with Gasteiger partial charge in [0.15, 0.2) is 0 Å². The molecule has 0 atom stereocenters. The summed E-state index contributed by atoms with van der Waals surface area (Å²) in [6, 6.07) is 5.00. The van der Waals surface area contributed by atoms with E-state index in [1.165, 1.54) is 23.4 Å². The first-order valence-corrected chi connectivity index (χ1v) is 8.66. The van der Waals surface area contributed by atoms with Crippen LogP contribution in [0.1, 0.15) is 44.1 Å². The summed E-state index contributed by atoms with van der Waals surface area (Å²) in [4.78, 5) is 13.2. The zero-order chi connectivity index (χ0) is 18.6. The molecule has 26 heavy (non-hydrogen) atoms. The standard InChI is InChI=1S/C17H20F3N5O/c18-17(19,20)13-6-4-5-12(11-13)16-22-24-25(23-16)10-9-15(26)21-14-7-2-1-3-8-14/h4-6,11,14H,1-3,7-10H2,(H,21,26). The third-order valence-electron chi connectivity index (χ3n) is 4.41. The maximum atomic E-state index is 12.8. The molecule has 1 aliphatic carbocycles. The van der Waals surface area contributed by atoms with Gasteiger partial charge in [0.2, 0.25) is 11.7 Å². The van der Waals surface area contributed by atoms with Crippen molar-refractivity contribution in [1.29, 1.82) is 0 Å². The van der Waals surface area contributed by atoms with Gasteiger partial charge in [-0.05, 0) is 30.2 Å². The molecule has 1 N–H and O–H groups in total. The van der Waals surface area contributed by atoms with Crippen molar-refractivity contribution in [3.8, 4) is 11.4 Å². The normalized spacial score (nSPS) is 15.8. The molecule has 0 unspecified atom stereocenters. The third-order valence-corrected chi connectivity index (χ3v) is 4.41. The van der Waals surface area contributed by atoms with Gasteiger partial charge in [0, 0.05) is 18.0 Å². The molecule has 3 rings (SSSR count). The van der Waals surface area contributed by atoms with Crippen molar-refractivity contribution < 1.29 is 18.0 Å². The summed E-state index contributed by atoms with van der Waals surface area (Å²) in [5.41, 5.74) is -0.532. The molecular formula is C17H20F3N5O. The lowest BCUT2D eigenvalue weighted by molar-refractivity contribution is -0.137. The third kappa shape index (κ3) is 4.80. The highest BCUT2D eigenvalue weighted by atomic mass is 19.4. The van der Waals surface area contributed by atoms with E-state index < -0.39 is 11.7 Å². The van der Waals surface area contributed by atoms with Crippen LogP contribution in [0.3, 0.4) is 0 Å². The van der Waals surface area contributed by atoms with Gasteiger partial charge < -0.3 is 5.32 Å². The van der Waals surface area contributed by atoms with Crippen LogP contribution in [0.2, 0.25) is 0 Å². The zero-order valence-corrected chi connectivity index (χ0v) is 14.2. The molecule has 1 amide bonds. The van der Waals surface area contributed by atoms with Crippen molar-refractivity contribution in [2.24, 2.45) is 0 Å². The second-order valence-electron chi connectivity index (χ2n) is 6.44. The van der Waals surface area contributed by atoms with E-state index in [2.05, 4.69) is 20.7 Å². The second kappa shape index (κ2) is 7.84. The fourth-order valence-corrected chi connectivity index (χ4v) is 3.04. The van der Waals surface area contributed by atoms with Gasteiger partial charge in [0.1, 0.15) is 0 Å². The number of benzene rings is 1. The molecule has 1 aromatic carbocycles. The van der Waals surface area contributed by atoms with Gasteiger partial charge in [-0.3, -0.25) is 4.79 Å². The van der Waals surface area contributed by atoms with Crippen LogP contribution >= 0.6 is 0 Å². The van der Waals surface area contributed by atoms with Crippen molar-refractivity contribution in [2.75, 3.05) is 0 Å². The Hall–Kier alpha value is -2.45. The SMILES string of the molecule is O=C(CCn1nnc(-c2cccc(C(F)(F)F)c2)n1)NC1CCCCC1. The fraction of sp³-hybridized carbons (Fsp3) is 0.529. The Bertz CT molecular complexity index is 753. The lowest BCUT2D eigenvalue weighted by Gasteiger charge is -2.22. The van der Waals surface area contributed by atoms with Crippen LogP contribution in [-0.2, 0) is 17.5 Å². The summed E-state index contributed by atoms with van der Waals surface area (Å²) in [7, 11) is 0. The maximum absolute atomic E-state index is 12.8. The van der Waals surface area contributed by atoms with Crippen LogP contribution < -0.4 is 5.32 Å². The highest BCUT2D eigenvalue weighted by molar-refractivity contribution is 5.76. The Morgan fingerprint density at radius 2 is 2.00 bits per heavy atom. The summed E-state index contributed by atoms with van der Waals surface area (Å²) < 4.78 is 38.4. The Morgan fingerprint density at radius 3 is 2.73 bits per heavy atom. The highest BCUT2D eigenvalue weighted by Crippen LogP contribution is 2.31. The Balaban J connectivity index is 1.57. The van der Waals surface area contributed by atoms with E-state index in [0.29, 0.717) is 0 Å². The van der Waals surface area contributed by atoms with Crippen molar-refractivity contribution in [3.05, 3.63) is 29.8 Å². The van der Waals surface area contributed by atoms with Crippen molar-refractivity contribution in [1.82, 2.24) is 25.5 Å². The molecule has 0 spiro atoms. The number of carbonyl (C=O) groups excluding carboxylic acids is 1. The molecule has 0 aliphatic heterocycles. The van der Waals surface area contributed by atoms with Gasteiger partial charge in [-0.1, -0.05) is 31.4 Å². The van der Waals surface area contributed by atoms with Crippen molar-refractivity contribution in [3.63, 3.8) is 0 Å². The molecule has 9 heteroatoms. The topological polar surface area (TPSA) is 72.7 Å². The van der Waals surface area contributed by atoms with Crippen molar-refractivity contribution >= 4 is 5.91 Å². The number of nitrogens with one attached hydrogen (secondary N) is 1. The Morgan fingerprint density at radius 1 is 1.23 bits per heavy atom. The van der Waals surface area contributed by atoms with Gasteiger partial charge >= 0.3 is 6.18 Å². The van der Waals surface area contributed by atoms with Crippen LogP contribution in [0.25, 0.3) is 11.4 Å². The first-order chi connectivity index (χ1) is 12.4. The number of carbonyl (C=O) groups is 1. The second-order valence-corrected chi connectivity index (χ2v) is 6.44. The molecule has 0 saturated heterocycles. The van der Waals surface area contributed by atoms with E-state index in [-0.39, 0.29) is 36.3 Å². The summed E-state index contributed by atoms with van der Waals surface area (Å²) >= 11 is 0. The Kier molecular flexibility index (Phi) is 5.53. The van der Waals surface area contributed by atoms with Crippen LogP contribution in [0.5, 0.6) is 0 Å². The average molecular weight is 367 g/mol. The molecule has 0 bridgehead atoms. The van der Waals surface area contributed by atoms with Crippen molar-refractivity contribution in [2.45, 2.75) is 57.3 Å². The number of rotatable bonds is 5. The number of alkyl halides is 3. The molecule has 2 aromatic rings. The van der Waals surface area contributed by atoms with E-state index in [4.69, 9.17) is 0 Å². The first kappa shape index (κ1) is 18.3. The minimum Gasteiger partial charge on any atom is -0.353 e. The predicted molar refractivity (Wildman–Crippen MR) is 87.9 cm³/mol. The van der Waals surface area contributed by atoms with Crippen LogP contribution in [0.4, 0.5) is 13.2 Å². The largest absolute Gasteiger partial charge is 0.416 e. The smallest absolute Gasteiger partial charge is 0.353 e. The van der Waals surface area contributed by atoms with Gasteiger partial charge in [-0.15, -0.1) is 10.2 Å². The number of halogens is 3. The number of amides is 1. The Labute approximate surface area is 148 Å². The maximum Gasteiger partial charge on any atom is 0.416 e. The van der Waals surface area contributed by atoms with Crippen LogP contribution in [0.15, 0.2) is 24.3 Å². The molecule has 1 aromatic heterocycles. The minimum absolute atomic E-state index is 0.0742. The van der Waals surface area contributed by atoms with Gasteiger partial charge in [-0.25, -0.2) is 0 Å².